The van der Waals surface area contributed by atoms with Crippen molar-refractivity contribution >= 4 is 12.0 Å². The molecule has 33 heavy (non-hydrogen) atoms. The van der Waals surface area contributed by atoms with E-state index in [4.69, 9.17) is 14.2 Å². The summed E-state index contributed by atoms with van der Waals surface area (Å²) in [5, 5.41) is 2.63. The lowest BCUT2D eigenvalue weighted by molar-refractivity contribution is -0.134. The zero-order valence-electron chi connectivity index (χ0n) is 19.0. The van der Waals surface area contributed by atoms with Crippen molar-refractivity contribution < 1.29 is 23.8 Å². The first-order valence-electron chi connectivity index (χ1n) is 11.7. The van der Waals surface area contributed by atoms with E-state index in [9.17, 15) is 9.59 Å². The number of amides is 2. The molecule has 1 aliphatic carbocycles. The highest BCUT2D eigenvalue weighted by Gasteiger charge is 2.46. The second kappa shape index (κ2) is 8.96. The fraction of sp³-hybridized carbons (Fsp3) is 0.462. The van der Waals surface area contributed by atoms with Crippen molar-refractivity contribution in [1.82, 2.24) is 10.2 Å². The van der Waals surface area contributed by atoms with Gasteiger partial charge >= 0.3 is 6.09 Å². The van der Waals surface area contributed by atoms with E-state index in [1.54, 1.807) is 0 Å². The van der Waals surface area contributed by atoms with Gasteiger partial charge in [-0.05, 0) is 48.6 Å². The second-order valence-corrected chi connectivity index (χ2v) is 9.18. The van der Waals surface area contributed by atoms with E-state index in [0.717, 1.165) is 48.3 Å². The van der Waals surface area contributed by atoms with Crippen molar-refractivity contribution in [3.8, 4) is 11.5 Å². The van der Waals surface area contributed by atoms with Crippen LogP contribution in [0.3, 0.4) is 0 Å². The minimum absolute atomic E-state index is 0.0683. The van der Waals surface area contributed by atoms with E-state index >= 15 is 0 Å². The van der Waals surface area contributed by atoms with Crippen LogP contribution in [-0.2, 0) is 21.6 Å². The summed E-state index contributed by atoms with van der Waals surface area (Å²) < 4.78 is 16.9. The minimum Gasteiger partial charge on any atom is -0.486 e. The Kier molecular flexibility index (Phi) is 5.87. The summed E-state index contributed by atoms with van der Waals surface area (Å²) in [7, 11) is 0. The molecule has 2 aromatic carbocycles. The number of nitrogens with zero attached hydrogens (tertiary/aromatic N) is 1. The maximum atomic E-state index is 13.2. The molecule has 2 aromatic rings. The molecule has 1 spiro atoms. The zero-order chi connectivity index (χ0) is 22.8. The Balaban J connectivity index is 1.29. The lowest BCUT2D eigenvalue weighted by Gasteiger charge is -2.46. The van der Waals surface area contributed by atoms with Crippen LogP contribution in [0.15, 0.2) is 42.5 Å². The van der Waals surface area contributed by atoms with Gasteiger partial charge in [-0.2, -0.15) is 0 Å². The highest BCUT2D eigenvalue weighted by Crippen LogP contribution is 2.51. The number of benzene rings is 2. The van der Waals surface area contributed by atoms with Crippen molar-refractivity contribution in [1.29, 1.82) is 0 Å². The third-order valence-corrected chi connectivity index (χ3v) is 7.15. The van der Waals surface area contributed by atoms with Gasteiger partial charge in [0.1, 0.15) is 26.4 Å². The molecule has 2 amide bonds. The molecular formula is C26H30N2O5. The molecule has 174 valence electrons. The summed E-state index contributed by atoms with van der Waals surface area (Å²) in [4.78, 5) is 27.3. The summed E-state index contributed by atoms with van der Waals surface area (Å²) in [5.74, 6) is 1.45. The summed E-state index contributed by atoms with van der Waals surface area (Å²) in [6, 6.07) is 13.6. The van der Waals surface area contributed by atoms with Crippen LogP contribution in [0.4, 0.5) is 4.79 Å². The molecule has 0 aromatic heterocycles. The molecule has 5 rings (SSSR count). The van der Waals surface area contributed by atoms with Gasteiger partial charge in [-0.1, -0.05) is 43.2 Å². The summed E-state index contributed by atoms with van der Waals surface area (Å²) in [6.07, 6.45) is 3.79. The maximum Gasteiger partial charge on any atom is 0.407 e. The van der Waals surface area contributed by atoms with Gasteiger partial charge in [0, 0.05) is 12.0 Å². The zero-order valence-corrected chi connectivity index (χ0v) is 19.0. The Hall–Kier alpha value is -3.22. The highest BCUT2D eigenvalue weighted by molar-refractivity contribution is 5.83. The third kappa shape index (κ3) is 4.24. The smallest absolute Gasteiger partial charge is 0.407 e. The van der Waals surface area contributed by atoms with E-state index in [2.05, 4.69) is 17.4 Å². The Bertz CT molecular complexity index is 1030. The van der Waals surface area contributed by atoms with Crippen LogP contribution in [0.2, 0.25) is 0 Å². The van der Waals surface area contributed by atoms with Crippen molar-refractivity contribution in [2.45, 2.75) is 50.7 Å². The molecule has 2 aliphatic heterocycles. The molecule has 0 saturated heterocycles. The summed E-state index contributed by atoms with van der Waals surface area (Å²) in [5.41, 5.74) is 3.24. The van der Waals surface area contributed by atoms with Crippen molar-refractivity contribution in [2.24, 2.45) is 0 Å². The molecule has 1 saturated carbocycles. The average molecular weight is 451 g/mol. The number of carbonyl (C=O) groups is 2. The molecule has 1 N–H and O–H groups in total. The Morgan fingerprint density at radius 2 is 1.79 bits per heavy atom. The van der Waals surface area contributed by atoms with Gasteiger partial charge in [-0.15, -0.1) is 0 Å². The van der Waals surface area contributed by atoms with Crippen LogP contribution >= 0.6 is 0 Å². The van der Waals surface area contributed by atoms with Crippen LogP contribution in [0.25, 0.3) is 0 Å². The van der Waals surface area contributed by atoms with Gasteiger partial charge in [0.15, 0.2) is 11.5 Å². The van der Waals surface area contributed by atoms with Gasteiger partial charge < -0.3 is 24.4 Å². The predicted molar refractivity (Wildman–Crippen MR) is 122 cm³/mol. The molecule has 1 atom stereocenters. The van der Waals surface area contributed by atoms with Crippen molar-refractivity contribution in [3.05, 3.63) is 59.2 Å². The molecule has 7 heteroatoms. The number of carbonyl (C=O) groups excluding carboxylic acids is 2. The summed E-state index contributed by atoms with van der Waals surface area (Å²) >= 11 is 0. The Labute approximate surface area is 194 Å². The standard InChI is InChI=1S/C26H30N2O5/c1-18-20-13-22-23(32-12-11-31-22)14-21(20)26(9-5-6-10-26)17-28(18)24(29)15-27-25(30)33-16-19-7-3-2-4-8-19/h2-4,7-8,13-14,18H,5-6,9-12,15-17H2,1H3,(H,27,30). The SMILES string of the molecule is CC1c2cc3c(cc2C2(CCCC2)CN1C(=O)CNC(=O)OCc1ccccc1)OCCO3. The first-order valence-corrected chi connectivity index (χ1v) is 11.7. The van der Waals surface area contributed by atoms with Gasteiger partial charge in [0.05, 0.1) is 6.04 Å². The largest absolute Gasteiger partial charge is 0.486 e. The topological polar surface area (TPSA) is 77.1 Å². The molecular weight excluding hydrogens is 420 g/mol. The number of nitrogens with one attached hydrogen (secondary N) is 1. The monoisotopic (exact) mass is 450 g/mol. The fourth-order valence-electron chi connectivity index (χ4n) is 5.43. The number of hydrogen-bond acceptors (Lipinski definition) is 5. The van der Waals surface area contributed by atoms with Crippen LogP contribution in [0, 0.1) is 0 Å². The van der Waals surface area contributed by atoms with E-state index in [1.165, 1.54) is 5.56 Å². The molecule has 0 radical (unpaired) electrons. The normalized spacial score (nSPS) is 20.3. The lowest BCUT2D eigenvalue weighted by atomic mass is 9.71. The first-order chi connectivity index (χ1) is 16.1. The molecule has 1 unspecified atom stereocenters. The predicted octanol–water partition coefficient (Wildman–Crippen LogP) is 4.10. The number of rotatable bonds is 4. The average Bonchev–Trinajstić information content (AvgIpc) is 3.32. The molecule has 0 bridgehead atoms. The van der Waals surface area contributed by atoms with Crippen LogP contribution < -0.4 is 14.8 Å². The van der Waals surface area contributed by atoms with Gasteiger partial charge in [0.25, 0.3) is 0 Å². The maximum absolute atomic E-state index is 13.2. The van der Waals surface area contributed by atoms with Crippen LogP contribution in [0.5, 0.6) is 11.5 Å². The molecule has 2 heterocycles. The summed E-state index contributed by atoms with van der Waals surface area (Å²) in [6.45, 7) is 3.87. The highest BCUT2D eigenvalue weighted by atomic mass is 16.6. The van der Waals surface area contributed by atoms with Gasteiger partial charge in [-0.25, -0.2) is 4.79 Å². The quantitative estimate of drug-likeness (QED) is 0.759. The van der Waals surface area contributed by atoms with E-state index in [-0.39, 0.29) is 30.5 Å². The number of hydrogen-bond donors (Lipinski definition) is 1. The first kappa shape index (κ1) is 21.6. The second-order valence-electron chi connectivity index (χ2n) is 9.18. The molecule has 7 nitrogen and oxygen atoms in total. The van der Waals surface area contributed by atoms with Gasteiger partial charge in [-0.3, -0.25) is 4.79 Å². The fourth-order valence-corrected chi connectivity index (χ4v) is 5.43. The Morgan fingerprint density at radius 1 is 1.09 bits per heavy atom. The lowest BCUT2D eigenvalue weighted by Crippen LogP contribution is -2.51. The molecule has 1 fully saturated rings. The van der Waals surface area contributed by atoms with Crippen molar-refractivity contribution in [3.63, 3.8) is 0 Å². The number of ether oxygens (including phenoxy) is 3. The van der Waals surface area contributed by atoms with E-state index in [0.29, 0.717) is 19.8 Å². The third-order valence-electron chi connectivity index (χ3n) is 7.15. The number of alkyl carbamates (subject to hydrolysis) is 1. The van der Waals surface area contributed by atoms with E-state index < -0.39 is 6.09 Å². The van der Waals surface area contributed by atoms with E-state index in [1.807, 2.05) is 42.2 Å². The number of fused-ring (bicyclic) bond motifs is 3. The van der Waals surface area contributed by atoms with Gasteiger partial charge in [0.2, 0.25) is 5.91 Å². The Morgan fingerprint density at radius 3 is 2.52 bits per heavy atom. The molecule has 3 aliphatic rings. The van der Waals surface area contributed by atoms with Crippen molar-refractivity contribution in [2.75, 3.05) is 26.3 Å². The minimum atomic E-state index is -0.590. The van der Waals surface area contributed by atoms with Crippen LogP contribution in [0.1, 0.15) is 55.3 Å². The van der Waals surface area contributed by atoms with Crippen LogP contribution in [-0.4, -0.2) is 43.2 Å².